The third kappa shape index (κ3) is 13.3. The molecule has 0 atom stereocenters. The average Bonchev–Trinajstić information content (AvgIpc) is 1.26. The lowest BCUT2D eigenvalue weighted by Crippen LogP contribution is -1.96. The molecule has 146 heavy (non-hydrogen) atoms. The van der Waals surface area contributed by atoms with Crippen LogP contribution in [0.2, 0.25) is 0 Å². The van der Waals surface area contributed by atoms with Gasteiger partial charge in [0.1, 0.15) is 0 Å². The number of benzene rings is 28. The Morgan fingerprint density at radius 3 is 0.658 bits per heavy atom. The fourth-order valence-corrected chi connectivity index (χ4v) is 24.9. The molecule has 0 saturated carbocycles. The molecule has 0 fully saturated rings. The quantitative estimate of drug-likeness (QED) is 0.128. The van der Waals surface area contributed by atoms with Crippen LogP contribution in [0.1, 0.15) is 5.56 Å². The van der Waals surface area contributed by atoms with Crippen LogP contribution in [-0.4, -0.2) is 13.7 Å². The summed E-state index contributed by atoms with van der Waals surface area (Å²) in [6, 6.07) is 196. The number of aromatic nitrogens is 3. The van der Waals surface area contributed by atoms with Gasteiger partial charge in [-0.25, -0.2) is 0 Å². The Morgan fingerprint density at radius 2 is 0.342 bits per heavy atom. The van der Waals surface area contributed by atoms with Gasteiger partial charge in [0.05, 0.1) is 33.1 Å². The highest BCUT2D eigenvalue weighted by atomic mass is 15.0. The van der Waals surface area contributed by atoms with Gasteiger partial charge in [-0.05, 0) is 287 Å². The van der Waals surface area contributed by atoms with Crippen LogP contribution in [0.15, 0.2) is 534 Å². The summed E-state index contributed by atoms with van der Waals surface area (Å²) in [6.45, 7) is 2.19. The highest BCUT2D eigenvalue weighted by molar-refractivity contribution is 6.33. The number of hydrogen-bond donors (Lipinski definition) is 0. The Labute approximate surface area is 843 Å². The maximum absolute atomic E-state index is 2.47. The predicted octanol–water partition coefficient (Wildman–Crippen LogP) is 39.7. The monoisotopic (exact) mass is 1850 g/mol. The summed E-state index contributed by atoms with van der Waals surface area (Å²) >= 11 is 0. The number of hydrogen-bond acceptors (Lipinski definition) is 0. The van der Waals surface area contributed by atoms with Gasteiger partial charge < -0.3 is 13.7 Å². The van der Waals surface area contributed by atoms with Crippen molar-refractivity contribution < 1.29 is 0 Å². The Hall–Kier alpha value is -19.1. The van der Waals surface area contributed by atoms with Gasteiger partial charge >= 0.3 is 0 Å². The van der Waals surface area contributed by atoms with Crippen molar-refractivity contribution in [3.8, 4) is 83.8 Å². The van der Waals surface area contributed by atoms with E-state index in [1.807, 2.05) is 0 Å². The molecule has 0 saturated heterocycles. The molecule has 3 nitrogen and oxygen atoms in total. The molecule has 0 aliphatic rings. The minimum atomic E-state index is 1.16. The van der Waals surface area contributed by atoms with Crippen molar-refractivity contribution >= 4 is 205 Å². The summed E-state index contributed by atoms with van der Waals surface area (Å²) in [5, 5.41) is 40.9. The van der Waals surface area contributed by atoms with E-state index < -0.39 is 0 Å². The Balaban J connectivity index is 0.000000104. The van der Waals surface area contributed by atoms with Crippen molar-refractivity contribution in [2.75, 3.05) is 0 Å². The maximum atomic E-state index is 2.47. The van der Waals surface area contributed by atoms with Gasteiger partial charge in [-0.2, -0.15) is 0 Å². The fourth-order valence-electron chi connectivity index (χ4n) is 24.9. The first kappa shape index (κ1) is 83.9. The second-order valence-electron chi connectivity index (χ2n) is 39.0. The molecule has 0 amide bonds. The lowest BCUT2D eigenvalue weighted by atomic mass is 9.84. The molecule has 3 heteroatoms. The van der Waals surface area contributed by atoms with E-state index in [0.717, 1.165) is 17.1 Å². The molecule has 0 aliphatic heterocycles. The number of rotatable bonds is 9. The van der Waals surface area contributed by atoms with Crippen molar-refractivity contribution in [3.05, 3.63) is 539 Å². The Kier molecular flexibility index (Phi) is 19.6. The zero-order valence-corrected chi connectivity index (χ0v) is 80.1. The van der Waals surface area contributed by atoms with Crippen LogP contribution in [0, 0.1) is 6.92 Å². The van der Waals surface area contributed by atoms with Crippen molar-refractivity contribution in [1.29, 1.82) is 0 Å². The van der Waals surface area contributed by atoms with Crippen molar-refractivity contribution in [2.45, 2.75) is 6.92 Å². The zero-order valence-electron chi connectivity index (χ0n) is 80.1. The van der Waals surface area contributed by atoms with Gasteiger partial charge in [-0.1, -0.05) is 467 Å². The minimum absolute atomic E-state index is 1.16. The summed E-state index contributed by atoms with van der Waals surface area (Å²) in [5.41, 5.74) is 27.2. The summed E-state index contributed by atoms with van der Waals surface area (Å²) in [7, 11) is 0. The van der Waals surface area contributed by atoms with Crippen LogP contribution in [0.4, 0.5) is 0 Å². The zero-order chi connectivity index (χ0) is 96.1. The normalized spacial score (nSPS) is 11.9. The van der Waals surface area contributed by atoms with Gasteiger partial charge in [-0.15, -0.1) is 0 Å². The van der Waals surface area contributed by atoms with Gasteiger partial charge in [0.15, 0.2) is 0 Å². The van der Waals surface area contributed by atoms with Crippen LogP contribution in [-0.2, 0) is 0 Å². The van der Waals surface area contributed by atoms with Crippen LogP contribution in [0.3, 0.4) is 0 Å². The van der Waals surface area contributed by atoms with Crippen molar-refractivity contribution in [3.63, 3.8) is 0 Å². The van der Waals surface area contributed by atoms with Crippen molar-refractivity contribution in [2.24, 2.45) is 0 Å². The molecule has 0 bridgehead atoms. The number of fused-ring (bicyclic) bond motifs is 28. The topological polar surface area (TPSA) is 14.8 Å². The second-order valence-corrected chi connectivity index (χ2v) is 39.0. The molecule has 0 spiro atoms. The predicted molar refractivity (Wildman–Crippen MR) is 627 cm³/mol. The van der Waals surface area contributed by atoms with E-state index in [-0.39, 0.29) is 0 Å². The third-order valence-electron chi connectivity index (χ3n) is 31.1. The molecule has 31 rings (SSSR count). The number of aryl methyl sites for hydroxylation is 1. The molecule has 678 valence electrons. The lowest BCUT2D eigenvalue weighted by molar-refractivity contribution is 1.18. The first-order valence-electron chi connectivity index (χ1n) is 50.7. The van der Waals surface area contributed by atoms with Crippen LogP contribution in [0.25, 0.3) is 289 Å². The third-order valence-corrected chi connectivity index (χ3v) is 31.1. The largest absolute Gasteiger partial charge is 0.309 e. The minimum Gasteiger partial charge on any atom is -0.309 e. The van der Waals surface area contributed by atoms with Crippen LogP contribution < -0.4 is 0 Å². The summed E-state index contributed by atoms with van der Waals surface area (Å²) in [6.07, 6.45) is 0. The molecular weight excluding hydrogens is 1760 g/mol. The molecule has 3 heterocycles. The summed E-state index contributed by atoms with van der Waals surface area (Å²) < 4.78 is 7.39. The van der Waals surface area contributed by atoms with Gasteiger partial charge in [0, 0.05) is 49.4 Å². The Bertz CT molecular complexity index is 10500. The molecule has 3 aromatic heterocycles. The maximum Gasteiger partial charge on any atom is 0.0547 e. The van der Waals surface area contributed by atoms with E-state index >= 15 is 0 Å². The molecular formula is C143H91N3. The van der Waals surface area contributed by atoms with E-state index in [9.17, 15) is 0 Å². The number of nitrogens with zero attached hydrogens (tertiary/aromatic N) is 3. The highest BCUT2D eigenvalue weighted by Crippen LogP contribution is 2.53. The first-order valence-corrected chi connectivity index (χ1v) is 50.7. The van der Waals surface area contributed by atoms with Gasteiger partial charge in [-0.3, -0.25) is 0 Å². The van der Waals surface area contributed by atoms with E-state index in [2.05, 4.69) is 554 Å². The first-order chi connectivity index (χ1) is 72.4. The highest BCUT2D eigenvalue weighted by Gasteiger charge is 2.27. The molecule has 0 radical (unpaired) electrons. The SMILES string of the molecule is Cc1ccc2c(-c3ccccc3)c3ccccc3c(-c3ccc(-n4c5ccc6ccccc6c5c5c6ccccc6ccc54)cc3)c2c1.c1cc(-c2c3ccccc3c(-c3cccc4ccccc34)c3ccccc23)cc(-n2c3ccc4ccccc4c3c3c4ccccc4ccc32)c1.c1ccc(-c2c3ccccc3c(-c3cccc(-n4c5ccc6ccccc6c5c5c6ccccc6ccc54)c3)c3ccccc23)cc1. The van der Waals surface area contributed by atoms with Gasteiger partial charge in [0.2, 0.25) is 0 Å². The lowest BCUT2D eigenvalue weighted by Gasteiger charge is -2.19. The molecule has 0 unspecified atom stereocenters. The summed E-state index contributed by atoms with van der Waals surface area (Å²) in [4.78, 5) is 0. The second kappa shape index (κ2) is 34.1. The van der Waals surface area contributed by atoms with Crippen LogP contribution >= 0.6 is 0 Å². The summed E-state index contributed by atoms with van der Waals surface area (Å²) in [5.74, 6) is 0. The smallest absolute Gasteiger partial charge is 0.0547 e. The van der Waals surface area contributed by atoms with E-state index in [0.29, 0.717) is 0 Å². The standard InChI is InChI=1S/C50H31N.C47H31N.C46H29N/c1-4-19-37-32(13-1)16-12-26-40(37)48-43-24-9-7-22-41(43)47(42-23-8-10-25-44(42)48)35-17-11-18-36(31-35)51-45-29-27-33-14-2-5-20-38(33)49(45)50-39-21-6-3-15-34(39)28-30-46(50)51;1-30-19-26-40-41(29-30)45(39-18-10-9-17-38(39)44(40)33-13-3-2-4-14-33)34-20-24-35(25-21-34)48-42-27-22-31-11-5-7-15-36(31)46(42)47-37-16-8-6-12-32(37)23-28-43(47)48;1-2-15-32(16-3-1)43-37-21-8-10-23-39(37)44(40-24-11-9-22-38(40)43)33-17-12-18-34(29-33)47-41-27-25-30-13-4-6-19-35(30)45(41)46-36-20-7-5-14-31(36)26-28-42(46)47/h1-31H;2-29H,1H3;1-29H. The van der Waals surface area contributed by atoms with E-state index in [1.165, 1.54) is 278 Å². The Morgan fingerprint density at radius 1 is 0.123 bits per heavy atom. The van der Waals surface area contributed by atoms with Crippen molar-refractivity contribution in [1.82, 2.24) is 13.7 Å². The van der Waals surface area contributed by atoms with E-state index in [1.54, 1.807) is 0 Å². The molecule has 0 N–H and O–H groups in total. The fraction of sp³-hybridized carbons (Fsp3) is 0.00699. The molecule has 0 aliphatic carbocycles. The van der Waals surface area contributed by atoms with E-state index in [4.69, 9.17) is 0 Å². The molecule has 28 aromatic carbocycles. The van der Waals surface area contributed by atoms with Gasteiger partial charge in [0.25, 0.3) is 0 Å². The average molecular weight is 1850 g/mol. The van der Waals surface area contributed by atoms with Crippen LogP contribution in [0.5, 0.6) is 0 Å². The molecule has 31 aromatic rings.